The van der Waals surface area contributed by atoms with Crippen LogP contribution >= 0.6 is 0 Å². The van der Waals surface area contributed by atoms with Crippen LogP contribution in [-0.2, 0) is 14.3 Å². The molecule has 0 bridgehead atoms. The Hall–Kier alpha value is -1.88. The van der Waals surface area contributed by atoms with Crippen LogP contribution in [-0.4, -0.2) is 31.6 Å². The number of anilines is 1. The van der Waals surface area contributed by atoms with E-state index in [2.05, 4.69) is 17.6 Å². The number of benzene rings is 1. The average Bonchev–Trinajstić information content (AvgIpc) is 2.48. The summed E-state index contributed by atoms with van der Waals surface area (Å²) in [5.41, 5.74) is 1.71. The summed E-state index contributed by atoms with van der Waals surface area (Å²) in [7, 11) is 0. The van der Waals surface area contributed by atoms with Crippen LogP contribution in [0.25, 0.3) is 0 Å². The fourth-order valence-electron chi connectivity index (χ4n) is 1.63. The van der Waals surface area contributed by atoms with E-state index in [4.69, 9.17) is 4.74 Å². The highest BCUT2D eigenvalue weighted by molar-refractivity contribution is 6.39. The number of hydrogen-bond donors (Lipinski definition) is 2. The van der Waals surface area contributed by atoms with E-state index in [0.29, 0.717) is 25.3 Å². The van der Waals surface area contributed by atoms with Gasteiger partial charge < -0.3 is 15.4 Å². The molecule has 2 N–H and O–H groups in total. The molecule has 116 valence electrons. The SMILES string of the molecule is CCCCOCCCNC(=O)C(=O)Nc1ccc(C)cc1. The number of nitrogens with one attached hydrogen (secondary N) is 2. The predicted octanol–water partition coefficient (Wildman–Crippen LogP) is 2.26. The summed E-state index contributed by atoms with van der Waals surface area (Å²) in [6.07, 6.45) is 2.86. The average molecular weight is 292 g/mol. The highest BCUT2D eigenvalue weighted by Crippen LogP contribution is 2.08. The van der Waals surface area contributed by atoms with Gasteiger partial charge in [-0.25, -0.2) is 0 Å². The van der Waals surface area contributed by atoms with Gasteiger partial charge in [-0.05, 0) is 31.9 Å². The summed E-state index contributed by atoms with van der Waals surface area (Å²) in [6.45, 7) is 5.85. The maximum Gasteiger partial charge on any atom is 0.313 e. The number of carbonyl (C=O) groups is 2. The van der Waals surface area contributed by atoms with Gasteiger partial charge in [-0.1, -0.05) is 31.0 Å². The van der Waals surface area contributed by atoms with Gasteiger partial charge in [0.25, 0.3) is 0 Å². The highest BCUT2D eigenvalue weighted by atomic mass is 16.5. The van der Waals surface area contributed by atoms with Crippen LogP contribution in [0.5, 0.6) is 0 Å². The summed E-state index contributed by atoms with van der Waals surface area (Å²) in [4.78, 5) is 23.2. The third kappa shape index (κ3) is 7.46. The molecule has 0 heterocycles. The normalized spacial score (nSPS) is 10.2. The van der Waals surface area contributed by atoms with Crippen molar-refractivity contribution in [2.24, 2.45) is 0 Å². The first-order chi connectivity index (χ1) is 10.1. The fourth-order valence-corrected chi connectivity index (χ4v) is 1.63. The molecule has 0 unspecified atom stereocenters. The van der Waals surface area contributed by atoms with Gasteiger partial charge in [0.1, 0.15) is 0 Å². The van der Waals surface area contributed by atoms with Crippen molar-refractivity contribution in [3.05, 3.63) is 29.8 Å². The van der Waals surface area contributed by atoms with Crippen LogP contribution in [0, 0.1) is 6.92 Å². The zero-order chi connectivity index (χ0) is 15.5. The van der Waals surface area contributed by atoms with E-state index < -0.39 is 11.8 Å². The summed E-state index contributed by atoms with van der Waals surface area (Å²) in [6, 6.07) is 7.28. The minimum atomic E-state index is -0.647. The number of aryl methyl sites for hydroxylation is 1. The maximum absolute atomic E-state index is 11.6. The van der Waals surface area contributed by atoms with Crippen molar-refractivity contribution >= 4 is 17.5 Å². The molecule has 21 heavy (non-hydrogen) atoms. The van der Waals surface area contributed by atoms with Crippen molar-refractivity contribution < 1.29 is 14.3 Å². The number of carbonyl (C=O) groups excluding carboxylic acids is 2. The molecule has 1 aromatic carbocycles. The van der Waals surface area contributed by atoms with Crippen molar-refractivity contribution in [1.29, 1.82) is 0 Å². The van der Waals surface area contributed by atoms with E-state index in [-0.39, 0.29) is 0 Å². The Kier molecular flexibility index (Phi) is 8.12. The van der Waals surface area contributed by atoms with Gasteiger partial charge in [0.05, 0.1) is 0 Å². The Morgan fingerprint density at radius 2 is 1.71 bits per heavy atom. The van der Waals surface area contributed by atoms with E-state index in [1.54, 1.807) is 12.1 Å². The summed E-state index contributed by atoms with van der Waals surface area (Å²) in [5, 5.41) is 5.13. The first-order valence-electron chi connectivity index (χ1n) is 7.37. The fraction of sp³-hybridized carbons (Fsp3) is 0.500. The Bertz CT molecular complexity index is 443. The second-order valence-electron chi connectivity index (χ2n) is 4.90. The van der Waals surface area contributed by atoms with Crippen LogP contribution in [0.3, 0.4) is 0 Å². The smallest absolute Gasteiger partial charge is 0.313 e. The van der Waals surface area contributed by atoms with Gasteiger partial charge in [0, 0.05) is 25.4 Å². The lowest BCUT2D eigenvalue weighted by Crippen LogP contribution is -2.36. The molecule has 0 radical (unpaired) electrons. The monoisotopic (exact) mass is 292 g/mol. The molecule has 0 aliphatic carbocycles. The molecule has 1 rings (SSSR count). The van der Waals surface area contributed by atoms with Gasteiger partial charge in [0.2, 0.25) is 0 Å². The Balaban J connectivity index is 2.16. The molecule has 0 aromatic heterocycles. The third-order valence-corrected chi connectivity index (χ3v) is 2.91. The lowest BCUT2D eigenvalue weighted by atomic mass is 10.2. The molecule has 0 saturated carbocycles. The van der Waals surface area contributed by atoms with Gasteiger partial charge in [-0.3, -0.25) is 9.59 Å². The molecule has 0 saturated heterocycles. The zero-order valence-electron chi connectivity index (χ0n) is 12.8. The second kappa shape index (κ2) is 9.94. The molecule has 0 atom stereocenters. The molecule has 5 nitrogen and oxygen atoms in total. The van der Waals surface area contributed by atoms with Gasteiger partial charge in [-0.2, -0.15) is 0 Å². The Labute approximate surface area is 126 Å². The first-order valence-corrected chi connectivity index (χ1v) is 7.37. The van der Waals surface area contributed by atoms with Crippen LogP contribution in [0.1, 0.15) is 31.7 Å². The van der Waals surface area contributed by atoms with E-state index in [1.807, 2.05) is 19.1 Å². The standard InChI is InChI=1S/C16H24N2O3/c1-3-4-11-21-12-5-10-17-15(19)16(20)18-14-8-6-13(2)7-9-14/h6-9H,3-5,10-12H2,1-2H3,(H,17,19)(H,18,20). The highest BCUT2D eigenvalue weighted by Gasteiger charge is 2.12. The van der Waals surface area contributed by atoms with E-state index in [0.717, 1.165) is 25.0 Å². The quantitative estimate of drug-likeness (QED) is 0.570. The van der Waals surface area contributed by atoms with Crippen LogP contribution in [0.2, 0.25) is 0 Å². The zero-order valence-corrected chi connectivity index (χ0v) is 12.8. The number of rotatable bonds is 8. The number of amides is 2. The number of ether oxygens (including phenoxy) is 1. The maximum atomic E-state index is 11.6. The largest absolute Gasteiger partial charge is 0.381 e. The molecular weight excluding hydrogens is 268 g/mol. The minimum absolute atomic E-state index is 0.437. The van der Waals surface area contributed by atoms with Crippen molar-refractivity contribution in [2.45, 2.75) is 33.1 Å². The molecule has 0 fully saturated rings. The van der Waals surface area contributed by atoms with Crippen LogP contribution < -0.4 is 10.6 Å². The minimum Gasteiger partial charge on any atom is -0.381 e. The molecular formula is C16H24N2O3. The third-order valence-electron chi connectivity index (χ3n) is 2.91. The summed E-state index contributed by atoms with van der Waals surface area (Å²) < 4.78 is 5.37. The van der Waals surface area contributed by atoms with Crippen molar-refractivity contribution in [3.63, 3.8) is 0 Å². The predicted molar refractivity (Wildman–Crippen MR) is 83.2 cm³/mol. The van der Waals surface area contributed by atoms with Crippen molar-refractivity contribution in [1.82, 2.24) is 5.32 Å². The topological polar surface area (TPSA) is 67.4 Å². The second-order valence-corrected chi connectivity index (χ2v) is 4.90. The molecule has 0 spiro atoms. The van der Waals surface area contributed by atoms with E-state index >= 15 is 0 Å². The molecule has 1 aromatic rings. The van der Waals surface area contributed by atoms with Crippen molar-refractivity contribution in [3.8, 4) is 0 Å². The van der Waals surface area contributed by atoms with Gasteiger partial charge >= 0.3 is 11.8 Å². The van der Waals surface area contributed by atoms with E-state index in [1.165, 1.54) is 0 Å². The lowest BCUT2D eigenvalue weighted by molar-refractivity contribution is -0.136. The summed E-state index contributed by atoms with van der Waals surface area (Å²) >= 11 is 0. The molecule has 2 amide bonds. The van der Waals surface area contributed by atoms with Crippen LogP contribution in [0.4, 0.5) is 5.69 Å². The number of hydrogen-bond acceptors (Lipinski definition) is 3. The van der Waals surface area contributed by atoms with Gasteiger partial charge in [-0.15, -0.1) is 0 Å². The van der Waals surface area contributed by atoms with E-state index in [9.17, 15) is 9.59 Å². The first kappa shape index (κ1) is 17.2. The molecule has 0 aliphatic heterocycles. The summed E-state index contributed by atoms with van der Waals surface area (Å²) in [5.74, 6) is -1.27. The Morgan fingerprint density at radius 1 is 1.05 bits per heavy atom. The van der Waals surface area contributed by atoms with Gasteiger partial charge in [0.15, 0.2) is 0 Å². The molecule has 5 heteroatoms. The van der Waals surface area contributed by atoms with Crippen molar-refractivity contribution in [2.75, 3.05) is 25.1 Å². The molecule has 0 aliphatic rings. The number of unbranched alkanes of at least 4 members (excludes halogenated alkanes) is 1. The lowest BCUT2D eigenvalue weighted by Gasteiger charge is -2.07. The van der Waals surface area contributed by atoms with Crippen LogP contribution in [0.15, 0.2) is 24.3 Å². The Morgan fingerprint density at radius 3 is 2.38 bits per heavy atom.